The normalized spacial score (nSPS) is 18.9. The van der Waals surface area contributed by atoms with Crippen LogP contribution in [-0.4, -0.2) is 24.9 Å². The van der Waals surface area contributed by atoms with E-state index in [4.69, 9.17) is 10.2 Å². The molecule has 0 saturated carbocycles. The molecule has 0 radical (unpaired) electrons. The standard InChI is InChI=1S/C5H8O2Si/c6-5(7)8-3-1-2-4-8/h1-8H. The molecule has 0 atom stereocenters. The van der Waals surface area contributed by atoms with Crippen molar-refractivity contribution < 1.29 is 10.2 Å². The summed E-state index contributed by atoms with van der Waals surface area (Å²) < 4.78 is 0. The Morgan fingerprint density at radius 1 is 1.12 bits per heavy atom. The minimum absolute atomic E-state index is 1.09. The molecule has 2 nitrogen and oxygen atoms in total. The fraction of sp³-hybridized carbons (Fsp3) is 0.200. The fourth-order valence-corrected chi connectivity index (χ4v) is 1.94. The van der Waals surface area contributed by atoms with E-state index in [9.17, 15) is 0 Å². The van der Waals surface area contributed by atoms with Gasteiger partial charge in [-0.3, -0.25) is 0 Å². The Morgan fingerprint density at radius 3 is 1.88 bits per heavy atom. The van der Waals surface area contributed by atoms with Gasteiger partial charge in [-0.15, -0.1) is 0 Å². The molecule has 1 heterocycles. The lowest BCUT2D eigenvalue weighted by molar-refractivity contribution is 0.0277. The molecule has 2 N–H and O–H groups in total. The number of aliphatic hydroxyl groups excluding tert-OH is 1. The summed E-state index contributed by atoms with van der Waals surface area (Å²) in [7, 11) is -1.40. The van der Waals surface area contributed by atoms with Gasteiger partial charge in [-0.05, 0) is 0 Å². The van der Waals surface area contributed by atoms with Crippen molar-refractivity contribution in [3.63, 3.8) is 0 Å². The van der Waals surface area contributed by atoms with Crippen LogP contribution in [0.1, 0.15) is 0 Å². The Hall–Kier alpha value is -0.383. The van der Waals surface area contributed by atoms with Crippen molar-refractivity contribution in [3.8, 4) is 0 Å². The molecule has 0 aromatic rings. The van der Waals surface area contributed by atoms with Crippen LogP contribution in [0.15, 0.2) is 23.6 Å². The number of hydrogen-bond acceptors (Lipinski definition) is 2. The lowest BCUT2D eigenvalue weighted by atomic mass is 10.6. The molecule has 3 heteroatoms. The van der Waals surface area contributed by atoms with Crippen molar-refractivity contribution in [2.75, 3.05) is 0 Å². The molecular weight excluding hydrogens is 120 g/mol. The number of allylic oxidation sites excluding steroid dienone is 2. The van der Waals surface area contributed by atoms with Gasteiger partial charge in [0.2, 0.25) is 0 Å². The molecule has 0 saturated heterocycles. The Morgan fingerprint density at radius 2 is 1.62 bits per heavy atom. The second kappa shape index (κ2) is 2.26. The first-order chi connectivity index (χ1) is 3.80. The highest BCUT2D eigenvalue weighted by Gasteiger charge is 2.12. The van der Waals surface area contributed by atoms with Gasteiger partial charge in [0.15, 0.2) is 8.80 Å². The zero-order valence-electron chi connectivity index (χ0n) is 4.36. The van der Waals surface area contributed by atoms with E-state index in [0.717, 1.165) is 0 Å². The zero-order chi connectivity index (χ0) is 5.98. The molecule has 1 aliphatic heterocycles. The van der Waals surface area contributed by atoms with E-state index in [1.807, 2.05) is 23.6 Å². The number of hydrogen-bond donors (Lipinski definition) is 2. The molecule has 0 aliphatic carbocycles. The summed E-state index contributed by atoms with van der Waals surface area (Å²) in [5, 5.41) is 17.1. The van der Waals surface area contributed by atoms with E-state index in [0.29, 0.717) is 0 Å². The van der Waals surface area contributed by atoms with Gasteiger partial charge in [-0.25, -0.2) is 0 Å². The second-order valence-electron chi connectivity index (χ2n) is 1.76. The van der Waals surface area contributed by atoms with Crippen molar-refractivity contribution in [2.45, 2.75) is 5.91 Å². The van der Waals surface area contributed by atoms with Crippen molar-refractivity contribution in [3.05, 3.63) is 23.6 Å². The van der Waals surface area contributed by atoms with Crippen LogP contribution >= 0.6 is 0 Å². The second-order valence-corrected chi connectivity index (χ2v) is 4.28. The minimum Gasteiger partial charge on any atom is -0.371 e. The van der Waals surface area contributed by atoms with E-state index in [1.54, 1.807) is 0 Å². The lowest BCUT2D eigenvalue weighted by Crippen LogP contribution is -2.25. The van der Waals surface area contributed by atoms with Crippen LogP contribution in [0, 0.1) is 0 Å². The summed E-state index contributed by atoms with van der Waals surface area (Å²) in [6, 6.07) is 0. The van der Waals surface area contributed by atoms with Crippen molar-refractivity contribution >= 4 is 8.80 Å². The molecule has 0 bridgehead atoms. The molecule has 0 fully saturated rings. The first-order valence-corrected chi connectivity index (χ1v) is 4.52. The molecule has 8 heavy (non-hydrogen) atoms. The maximum absolute atomic E-state index is 8.57. The maximum atomic E-state index is 8.57. The molecule has 0 aromatic heterocycles. The quantitative estimate of drug-likeness (QED) is 0.361. The van der Waals surface area contributed by atoms with Crippen LogP contribution in [0.3, 0.4) is 0 Å². The maximum Gasteiger partial charge on any atom is 0.151 e. The van der Waals surface area contributed by atoms with Crippen LogP contribution in [0.5, 0.6) is 0 Å². The molecule has 1 aliphatic rings. The van der Waals surface area contributed by atoms with E-state index < -0.39 is 14.7 Å². The summed E-state index contributed by atoms with van der Waals surface area (Å²) in [6.45, 7) is 0. The molecule has 1 rings (SSSR count). The first kappa shape index (κ1) is 5.75. The van der Waals surface area contributed by atoms with Crippen LogP contribution in [-0.2, 0) is 0 Å². The van der Waals surface area contributed by atoms with Crippen LogP contribution in [0.25, 0.3) is 0 Å². The summed E-state index contributed by atoms with van der Waals surface area (Å²) >= 11 is 0. The lowest BCUT2D eigenvalue weighted by Gasteiger charge is -2.02. The SMILES string of the molecule is OC(O)[SiH]1C=CC=C1. The Kier molecular flexibility index (Phi) is 1.62. The van der Waals surface area contributed by atoms with Crippen LogP contribution in [0.4, 0.5) is 0 Å². The van der Waals surface area contributed by atoms with Gasteiger partial charge >= 0.3 is 0 Å². The average Bonchev–Trinajstić information content (AvgIpc) is 2.12. The van der Waals surface area contributed by atoms with Gasteiger partial charge in [0.05, 0.1) is 0 Å². The number of rotatable bonds is 1. The Balaban J connectivity index is 2.49. The van der Waals surface area contributed by atoms with Crippen molar-refractivity contribution in [1.29, 1.82) is 0 Å². The fourth-order valence-electron chi connectivity index (χ4n) is 0.648. The van der Waals surface area contributed by atoms with E-state index in [2.05, 4.69) is 0 Å². The topological polar surface area (TPSA) is 40.5 Å². The molecular formula is C5H8O2Si. The summed E-state index contributed by atoms with van der Waals surface area (Å²) in [5.41, 5.74) is 3.76. The highest BCUT2D eigenvalue weighted by Crippen LogP contribution is 2.00. The monoisotopic (exact) mass is 128 g/mol. The highest BCUT2D eigenvalue weighted by atomic mass is 28.3. The Labute approximate surface area is 49.4 Å². The van der Waals surface area contributed by atoms with E-state index in [-0.39, 0.29) is 0 Å². The van der Waals surface area contributed by atoms with Crippen molar-refractivity contribution in [2.24, 2.45) is 0 Å². The van der Waals surface area contributed by atoms with Gasteiger partial charge in [0.25, 0.3) is 0 Å². The third kappa shape index (κ3) is 1.06. The van der Waals surface area contributed by atoms with Gasteiger partial charge in [0.1, 0.15) is 5.91 Å². The summed E-state index contributed by atoms with van der Waals surface area (Å²) in [6.07, 6.45) is 3.71. The average molecular weight is 128 g/mol. The van der Waals surface area contributed by atoms with E-state index in [1.165, 1.54) is 0 Å². The molecule has 0 aromatic carbocycles. The predicted molar refractivity (Wildman–Crippen MR) is 33.7 cm³/mol. The predicted octanol–water partition coefficient (Wildman–Crippen LogP) is -0.732. The van der Waals surface area contributed by atoms with Gasteiger partial charge < -0.3 is 10.2 Å². The van der Waals surface area contributed by atoms with Crippen LogP contribution in [0.2, 0.25) is 0 Å². The number of aliphatic hydroxyl groups is 2. The zero-order valence-corrected chi connectivity index (χ0v) is 5.51. The molecule has 0 spiro atoms. The molecule has 0 amide bonds. The molecule has 44 valence electrons. The van der Waals surface area contributed by atoms with E-state index >= 15 is 0 Å². The van der Waals surface area contributed by atoms with Crippen LogP contribution < -0.4 is 0 Å². The largest absolute Gasteiger partial charge is 0.371 e. The molecule has 0 unspecified atom stereocenters. The Bertz CT molecular complexity index is 116. The summed E-state index contributed by atoms with van der Waals surface area (Å²) in [4.78, 5) is 0. The first-order valence-electron chi connectivity index (χ1n) is 2.52. The summed E-state index contributed by atoms with van der Waals surface area (Å²) in [5.74, 6) is -1.09. The third-order valence-corrected chi connectivity index (χ3v) is 3.14. The van der Waals surface area contributed by atoms with Crippen molar-refractivity contribution in [1.82, 2.24) is 0 Å². The van der Waals surface area contributed by atoms with Gasteiger partial charge in [-0.2, -0.15) is 0 Å². The third-order valence-electron chi connectivity index (χ3n) is 1.12. The highest BCUT2D eigenvalue weighted by molar-refractivity contribution is 6.71. The van der Waals surface area contributed by atoms with Gasteiger partial charge in [-0.1, -0.05) is 23.6 Å². The smallest absolute Gasteiger partial charge is 0.151 e. The minimum atomic E-state index is -1.40. The van der Waals surface area contributed by atoms with Gasteiger partial charge in [0, 0.05) is 0 Å².